The van der Waals surface area contributed by atoms with E-state index in [1.165, 1.54) is 12.4 Å². The van der Waals surface area contributed by atoms with Gasteiger partial charge in [-0.3, -0.25) is 4.98 Å². The van der Waals surface area contributed by atoms with Crippen molar-refractivity contribution in [3.63, 3.8) is 0 Å². The van der Waals surface area contributed by atoms with Crippen molar-refractivity contribution in [2.45, 2.75) is 18.8 Å². The topological polar surface area (TPSA) is 73.6 Å². The van der Waals surface area contributed by atoms with Gasteiger partial charge in [0.25, 0.3) is 0 Å². The maximum Gasteiger partial charge on any atom is 0.107 e. The number of hydrogen-bond acceptors (Lipinski definition) is 5. The molecule has 2 atom stereocenters. The van der Waals surface area contributed by atoms with Gasteiger partial charge in [0.15, 0.2) is 0 Å². The summed E-state index contributed by atoms with van der Waals surface area (Å²) in [4.78, 5) is 3.84. The maximum atomic E-state index is 9.59. The minimum absolute atomic E-state index is 0.134. The zero-order chi connectivity index (χ0) is 10.6. The molecule has 1 aromatic heterocycles. The molecule has 78 valence electrons. The molecule has 0 aromatic carbocycles. The van der Waals surface area contributed by atoms with Crippen molar-refractivity contribution in [3.8, 4) is 0 Å². The Bertz CT molecular complexity index is 295. The highest BCUT2D eigenvalue weighted by atomic mass is 32.1. The third kappa shape index (κ3) is 2.68. The molecule has 0 aliphatic heterocycles. The minimum Gasteiger partial charge on any atom is -0.392 e. The number of nitrogens with zero attached hydrogens (tertiary/aromatic N) is 1. The Morgan fingerprint density at radius 1 is 1.36 bits per heavy atom. The molecule has 0 aliphatic carbocycles. The smallest absolute Gasteiger partial charge is 0.107 e. The fourth-order valence-electron chi connectivity index (χ4n) is 1.08. The fourth-order valence-corrected chi connectivity index (χ4v) is 1.28. The standard InChI is InChI=1S/C9H13NO3S/c11-4-6-1-7(3-10-2-6)9(13)8(12)5-14/h1-3,8-9,11-14H,4-5H2. The van der Waals surface area contributed by atoms with Gasteiger partial charge in [-0.1, -0.05) is 0 Å². The van der Waals surface area contributed by atoms with E-state index in [0.29, 0.717) is 11.1 Å². The van der Waals surface area contributed by atoms with E-state index in [1.54, 1.807) is 6.07 Å². The molecule has 5 heteroatoms. The number of rotatable bonds is 4. The molecular weight excluding hydrogens is 202 g/mol. The molecule has 1 heterocycles. The quantitative estimate of drug-likeness (QED) is 0.529. The fraction of sp³-hybridized carbons (Fsp3) is 0.444. The third-order valence-electron chi connectivity index (χ3n) is 1.89. The van der Waals surface area contributed by atoms with Gasteiger partial charge in [0.2, 0.25) is 0 Å². The van der Waals surface area contributed by atoms with Crippen molar-refractivity contribution < 1.29 is 15.3 Å². The van der Waals surface area contributed by atoms with Gasteiger partial charge in [-0.2, -0.15) is 12.6 Å². The number of thiol groups is 1. The summed E-state index contributed by atoms with van der Waals surface area (Å²) in [6.07, 6.45) is 1.03. The van der Waals surface area contributed by atoms with E-state index in [4.69, 9.17) is 5.11 Å². The molecule has 2 unspecified atom stereocenters. The molecule has 0 radical (unpaired) electrons. The summed E-state index contributed by atoms with van der Waals surface area (Å²) in [5.41, 5.74) is 1.09. The highest BCUT2D eigenvalue weighted by molar-refractivity contribution is 7.80. The molecule has 0 amide bonds. The van der Waals surface area contributed by atoms with Crippen molar-refractivity contribution in [1.29, 1.82) is 0 Å². The predicted octanol–water partition coefficient (Wildman–Crippen LogP) is -0.102. The second kappa shape index (κ2) is 5.31. The van der Waals surface area contributed by atoms with Crippen molar-refractivity contribution >= 4 is 12.6 Å². The first kappa shape index (κ1) is 11.5. The van der Waals surface area contributed by atoms with Crippen LogP contribution in [0.15, 0.2) is 18.5 Å². The van der Waals surface area contributed by atoms with Crippen LogP contribution in [0.4, 0.5) is 0 Å². The van der Waals surface area contributed by atoms with Gasteiger partial charge in [-0.25, -0.2) is 0 Å². The van der Waals surface area contributed by atoms with E-state index < -0.39 is 12.2 Å². The average Bonchev–Trinajstić information content (AvgIpc) is 2.27. The number of hydrogen-bond donors (Lipinski definition) is 4. The Hall–Kier alpha value is -0.620. The third-order valence-corrected chi connectivity index (χ3v) is 2.27. The lowest BCUT2D eigenvalue weighted by Gasteiger charge is -2.15. The average molecular weight is 215 g/mol. The molecule has 1 rings (SSSR count). The van der Waals surface area contributed by atoms with E-state index >= 15 is 0 Å². The van der Waals surface area contributed by atoms with Crippen molar-refractivity contribution in [1.82, 2.24) is 4.98 Å². The molecule has 0 saturated carbocycles. The Labute approximate surface area is 87.6 Å². The minimum atomic E-state index is -1.01. The summed E-state index contributed by atoms with van der Waals surface area (Å²) < 4.78 is 0. The Balaban J connectivity index is 2.83. The Morgan fingerprint density at radius 3 is 2.64 bits per heavy atom. The molecule has 0 fully saturated rings. The van der Waals surface area contributed by atoms with Crippen LogP contribution >= 0.6 is 12.6 Å². The second-order valence-electron chi connectivity index (χ2n) is 2.98. The van der Waals surface area contributed by atoms with Crippen LogP contribution in [0.3, 0.4) is 0 Å². The number of aromatic nitrogens is 1. The van der Waals surface area contributed by atoms with Crippen LogP contribution in [0.5, 0.6) is 0 Å². The van der Waals surface area contributed by atoms with Crippen LogP contribution in [-0.2, 0) is 6.61 Å². The molecule has 3 N–H and O–H groups in total. The van der Waals surface area contributed by atoms with E-state index in [2.05, 4.69) is 17.6 Å². The van der Waals surface area contributed by atoms with Crippen LogP contribution in [0.1, 0.15) is 17.2 Å². The van der Waals surface area contributed by atoms with Gasteiger partial charge < -0.3 is 15.3 Å². The van der Waals surface area contributed by atoms with Crippen LogP contribution in [-0.4, -0.2) is 32.2 Å². The number of aliphatic hydroxyl groups is 3. The number of pyridine rings is 1. The first-order chi connectivity index (χ1) is 6.69. The van der Waals surface area contributed by atoms with Gasteiger partial charge in [0, 0.05) is 23.7 Å². The monoisotopic (exact) mass is 215 g/mol. The van der Waals surface area contributed by atoms with Gasteiger partial charge >= 0.3 is 0 Å². The molecule has 14 heavy (non-hydrogen) atoms. The zero-order valence-electron chi connectivity index (χ0n) is 7.54. The largest absolute Gasteiger partial charge is 0.392 e. The molecule has 0 aliphatic rings. The van der Waals surface area contributed by atoms with Crippen molar-refractivity contribution in [2.24, 2.45) is 0 Å². The Morgan fingerprint density at radius 2 is 2.07 bits per heavy atom. The second-order valence-corrected chi connectivity index (χ2v) is 3.34. The molecule has 4 nitrogen and oxygen atoms in total. The molecule has 0 bridgehead atoms. The SMILES string of the molecule is OCc1cncc(C(O)C(O)CS)c1. The lowest BCUT2D eigenvalue weighted by atomic mass is 10.1. The van der Waals surface area contributed by atoms with E-state index in [-0.39, 0.29) is 12.4 Å². The summed E-state index contributed by atoms with van der Waals surface area (Å²) in [6, 6.07) is 1.60. The first-order valence-electron chi connectivity index (χ1n) is 4.20. The van der Waals surface area contributed by atoms with Gasteiger partial charge in [0.1, 0.15) is 6.10 Å². The molecule has 1 aromatic rings. The van der Waals surface area contributed by atoms with Crippen molar-refractivity contribution in [2.75, 3.05) is 5.75 Å². The van der Waals surface area contributed by atoms with E-state index in [1.807, 2.05) is 0 Å². The lowest BCUT2D eigenvalue weighted by Crippen LogP contribution is -2.20. The van der Waals surface area contributed by atoms with Crippen LogP contribution in [0.25, 0.3) is 0 Å². The summed E-state index contributed by atoms with van der Waals surface area (Å²) in [5, 5.41) is 27.8. The van der Waals surface area contributed by atoms with Crippen molar-refractivity contribution in [3.05, 3.63) is 29.6 Å². The summed E-state index contributed by atoms with van der Waals surface area (Å²) in [5.74, 6) is 0.171. The zero-order valence-corrected chi connectivity index (χ0v) is 8.43. The number of aliphatic hydroxyl groups excluding tert-OH is 3. The van der Waals surface area contributed by atoms with E-state index in [0.717, 1.165) is 0 Å². The highest BCUT2D eigenvalue weighted by Gasteiger charge is 2.17. The normalized spacial score (nSPS) is 15.1. The van der Waals surface area contributed by atoms with E-state index in [9.17, 15) is 10.2 Å². The summed E-state index contributed by atoms with van der Waals surface area (Å²) in [7, 11) is 0. The van der Waals surface area contributed by atoms with Gasteiger partial charge in [-0.05, 0) is 11.6 Å². The van der Waals surface area contributed by atoms with Crippen LogP contribution in [0, 0.1) is 0 Å². The van der Waals surface area contributed by atoms with Gasteiger partial charge in [-0.15, -0.1) is 0 Å². The first-order valence-corrected chi connectivity index (χ1v) is 4.84. The predicted molar refractivity (Wildman–Crippen MR) is 55.0 cm³/mol. The highest BCUT2D eigenvalue weighted by Crippen LogP contribution is 2.17. The van der Waals surface area contributed by atoms with Crippen LogP contribution < -0.4 is 0 Å². The molecule has 0 saturated heterocycles. The summed E-state index contributed by atoms with van der Waals surface area (Å²) in [6.45, 7) is -0.134. The Kier molecular flexibility index (Phi) is 4.34. The molecular formula is C9H13NO3S. The lowest BCUT2D eigenvalue weighted by molar-refractivity contribution is 0.0334. The molecule has 0 spiro atoms. The van der Waals surface area contributed by atoms with Gasteiger partial charge in [0.05, 0.1) is 12.7 Å². The maximum absolute atomic E-state index is 9.59. The van der Waals surface area contributed by atoms with Crippen LogP contribution in [0.2, 0.25) is 0 Å². The summed E-state index contributed by atoms with van der Waals surface area (Å²) >= 11 is 3.87.